The first-order valence-electron chi connectivity index (χ1n) is 6.14. The maximum atomic E-state index is 13.8. The van der Waals surface area contributed by atoms with Crippen LogP contribution < -0.4 is 4.74 Å². The molecule has 2 rings (SSSR count). The molecule has 5 nitrogen and oxygen atoms in total. The molecular formula is C15H12FNO4. The Morgan fingerprint density at radius 2 is 2.00 bits per heavy atom. The molecule has 0 spiro atoms. The highest BCUT2D eigenvalue weighted by Gasteiger charge is 2.14. The number of nitrogens with zero attached hydrogens (tertiary/aromatic N) is 1. The maximum absolute atomic E-state index is 13.8. The highest BCUT2D eigenvalue weighted by Crippen LogP contribution is 2.23. The summed E-state index contributed by atoms with van der Waals surface area (Å²) in [4.78, 5) is 21.5. The van der Waals surface area contributed by atoms with Gasteiger partial charge in [-0.3, -0.25) is 14.9 Å². The molecule has 108 valence electrons. The number of ketones is 1. The number of carbonyl (C=O) groups excluding carboxylic acids is 1. The van der Waals surface area contributed by atoms with E-state index in [-0.39, 0.29) is 29.4 Å². The first-order valence-corrected chi connectivity index (χ1v) is 6.14. The fourth-order valence-corrected chi connectivity index (χ4v) is 1.80. The molecule has 21 heavy (non-hydrogen) atoms. The van der Waals surface area contributed by atoms with Crippen molar-refractivity contribution in [3.05, 3.63) is 69.5 Å². The molecule has 0 fully saturated rings. The van der Waals surface area contributed by atoms with Crippen molar-refractivity contribution >= 4 is 11.5 Å². The van der Waals surface area contributed by atoms with Gasteiger partial charge < -0.3 is 4.74 Å². The number of nitro groups is 1. The van der Waals surface area contributed by atoms with Gasteiger partial charge in [0.25, 0.3) is 5.69 Å². The molecule has 0 amide bonds. The zero-order chi connectivity index (χ0) is 15.4. The van der Waals surface area contributed by atoms with Gasteiger partial charge in [0.15, 0.2) is 17.3 Å². The molecule has 0 aliphatic carbocycles. The van der Waals surface area contributed by atoms with Crippen LogP contribution in [0.15, 0.2) is 42.5 Å². The molecule has 0 saturated heterocycles. The normalized spacial score (nSPS) is 10.2. The van der Waals surface area contributed by atoms with Gasteiger partial charge in [0.05, 0.1) is 10.5 Å². The quantitative estimate of drug-likeness (QED) is 0.480. The van der Waals surface area contributed by atoms with Crippen molar-refractivity contribution < 1.29 is 18.8 Å². The van der Waals surface area contributed by atoms with E-state index in [1.54, 1.807) is 18.2 Å². The lowest BCUT2D eigenvalue weighted by atomic mass is 10.1. The van der Waals surface area contributed by atoms with E-state index in [0.717, 1.165) is 6.07 Å². The summed E-state index contributed by atoms with van der Waals surface area (Å²) in [7, 11) is 0. The standard InChI is InChI=1S/C15H12FNO4/c1-10(18)11-6-7-15(13(16)8-11)21-9-12-4-2-3-5-14(12)17(19)20/h2-8H,9H2,1H3. The van der Waals surface area contributed by atoms with Crippen LogP contribution in [0.3, 0.4) is 0 Å². The van der Waals surface area contributed by atoms with E-state index in [1.807, 2.05) is 0 Å². The van der Waals surface area contributed by atoms with Gasteiger partial charge in [0.1, 0.15) is 6.61 Å². The molecular weight excluding hydrogens is 277 g/mol. The third-order valence-electron chi connectivity index (χ3n) is 2.91. The van der Waals surface area contributed by atoms with Crippen LogP contribution in [0, 0.1) is 15.9 Å². The highest BCUT2D eigenvalue weighted by molar-refractivity contribution is 5.94. The van der Waals surface area contributed by atoms with Crippen LogP contribution in [-0.2, 0) is 6.61 Å². The van der Waals surface area contributed by atoms with Crippen LogP contribution in [0.25, 0.3) is 0 Å². The van der Waals surface area contributed by atoms with Gasteiger partial charge in [-0.15, -0.1) is 0 Å². The third kappa shape index (κ3) is 3.42. The molecule has 0 aliphatic rings. The second-order valence-electron chi connectivity index (χ2n) is 4.38. The fourth-order valence-electron chi connectivity index (χ4n) is 1.80. The Labute approximate surface area is 120 Å². The minimum absolute atomic E-state index is 0.0573. The van der Waals surface area contributed by atoms with Gasteiger partial charge in [-0.1, -0.05) is 12.1 Å². The van der Waals surface area contributed by atoms with Gasteiger partial charge in [-0.05, 0) is 31.2 Å². The summed E-state index contributed by atoms with van der Waals surface area (Å²) in [5.41, 5.74) is 0.501. The van der Waals surface area contributed by atoms with E-state index < -0.39 is 10.7 Å². The minimum Gasteiger partial charge on any atom is -0.486 e. The smallest absolute Gasteiger partial charge is 0.276 e. The molecule has 0 unspecified atom stereocenters. The van der Waals surface area contributed by atoms with Gasteiger partial charge in [-0.25, -0.2) is 4.39 Å². The second-order valence-corrected chi connectivity index (χ2v) is 4.38. The SMILES string of the molecule is CC(=O)c1ccc(OCc2ccccc2[N+](=O)[O-])c(F)c1. The van der Waals surface area contributed by atoms with Crippen molar-refractivity contribution in [3.63, 3.8) is 0 Å². The average molecular weight is 289 g/mol. The molecule has 0 atom stereocenters. The molecule has 0 aromatic heterocycles. The van der Waals surface area contributed by atoms with Crippen LogP contribution in [0.1, 0.15) is 22.8 Å². The largest absolute Gasteiger partial charge is 0.486 e. The zero-order valence-electron chi connectivity index (χ0n) is 11.2. The monoisotopic (exact) mass is 289 g/mol. The van der Waals surface area contributed by atoms with E-state index in [1.165, 1.54) is 25.1 Å². The lowest BCUT2D eigenvalue weighted by Gasteiger charge is -2.08. The number of hydrogen-bond donors (Lipinski definition) is 0. The van der Waals surface area contributed by atoms with E-state index >= 15 is 0 Å². The summed E-state index contributed by atoms with van der Waals surface area (Å²) < 4.78 is 19.0. The maximum Gasteiger partial charge on any atom is 0.276 e. The first-order chi connectivity index (χ1) is 9.99. The van der Waals surface area contributed by atoms with Gasteiger partial charge >= 0.3 is 0 Å². The van der Waals surface area contributed by atoms with Crippen LogP contribution in [0.4, 0.5) is 10.1 Å². The highest BCUT2D eigenvalue weighted by atomic mass is 19.1. The van der Waals surface area contributed by atoms with Gasteiger partial charge in [0, 0.05) is 11.6 Å². The van der Waals surface area contributed by atoms with Crippen LogP contribution in [0.5, 0.6) is 5.75 Å². The summed E-state index contributed by atoms with van der Waals surface area (Å²) in [5, 5.41) is 10.9. The van der Waals surface area contributed by atoms with E-state index in [2.05, 4.69) is 0 Å². The molecule has 0 bridgehead atoms. The molecule has 0 aliphatic heterocycles. The Hall–Kier alpha value is -2.76. The van der Waals surface area contributed by atoms with Gasteiger partial charge in [-0.2, -0.15) is 0 Å². The Morgan fingerprint density at radius 1 is 1.29 bits per heavy atom. The van der Waals surface area contributed by atoms with Crippen LogP contribution in [0.2, 0.25) is 0 Å². The lowest BCUT2D eigenvalue weighted by Crippen LogP contribution is -2.02. The number of ether oxygens (including phenoxy) is 1. The van der Waals surface area contributed by atoms with Crippen molar-refractivity contribution in [3.8, 4) is 5.75 Å². The third-order valence-corrected chi connectivity index (χ3v) is 2.91. The molecule has 2 aromatic carbocycles. The van der Waals surface area contributed by atoms with Crippen molar-refractivity contribution in [2.24, 2.45) is 0 Å². The minimum atomic E-state index is -0.679. The van der Waals surface area contributed by atoms with Crippen LogP contribution >= 0.6 is 0 Å². The number of hydrogen-bond acceptors (Lipinski definition) is 4. The van der Waals surface area contributed by atoms with Crippen molar-refractivity contribution in [1.29, 1.82) is 0 Å². The number of para-hydroxylation sites is 1. The van der Waals surface area contributed by atoms with Crippen molar-refractivity contribution in [2.45, 2.75) is 13.5 Å². The molecule has 0 heterocycles. The van der Waals surface area contributed by atoms with E-state index in [9.17, 15) is 19.3 Å². The molecule has 6 heteroatoms. The molecule has 0 saturated carbocycles. The van der Waals surface area contributed by atoms with Crippen molar-refractivity contribution in [2.75, 3.05) is 0 Å². The first kappa shape index (κ1) is 14.6. The Kier molecular flexibility index (Phi) is 4.27. The number of halogens is 1. The topological polar surface area (TPSA) is 69.4 Å². The summed E-state index contributed by atoms with van der Waals surface area (Å²) in [6.07, 6.45) is 0. The average Bonchev–Trinajstić information content (AvgIpc) is 2.46. The molecule has 0 radical (unpaired) electrons. The van der Waals surface area contributed by atoms with Gasteiger partial charge in [0.2, 0.25) is 0 Å². The lowest BCUT2D eigenvalue weighted by molar-refractivity contribution is -0.385. The van der Waals surface area contributed by atoms with Crippen LogP contribution in [-0.4, -0.2) is 10.7 Å². The number of nitro benzene ring substituents is 1. The Balaban J connectivity index is 2.17. The van der Waals surface area contributed by atoms with E-state index in [0.29, 0.717) is 5.56 Å². The molecule has 0 N–H and O–H groups in total. The summed E-state index contributed by atoms with van der Waals surface area (Å²) >= 11 is 0. The summed E-state index contributed by atoms with van der Waals surface area (Å²) in [6.45, 7) is 1.20. The number of Topliss-reactive ketones (excluding diaryl/α,β-unsaturated/α-hetero) is 1. The molecule has 2 aromatic rings. The van der Waals surface area contributed by atoms with E-state index in [4.69, 9.17) is 4.74 Å². The summed E-state index contributed by atoms with van der Waals surface area (Å²) in [5.74, 6) is -0.987. The zero-order valence-corrected chi connectivity index (χ0v) is 11.2. The Bertz CT molecular complexity index is 700. The fraction of sp³-hybridized carbons (Fsp3) is 0.133. The number of rotatable bonds is 5. The number of benzene rings is 2. The predicted molar refractivity (Wildman–Crippen MR) is 73.8 cm³/mol. The second kappa shape index (κ2) is 6.13. The summed E-state index contributed by atoms with van der Waals surface area (Å²) in [6, 6.07) is 9.94. The predicted octanol–water partition coefficient (Wildman–Crippen LogP) is 3.52. The Morgan fingerprint density at radius 3 is 2.62 bits per heavy atom. The van der Waals surface area contributed by atoms with Crippen molar-refractivity contribution in [1.82, 2.24) is 0 Å². The number of carbonyl (C=O) groups is 1.